The molecule has 2 rings (SSSR count). The number of aliphatic hydroxyl groups is 1. The van der Waals surface area contributed by atoms with Gasteiger partial charge in [-0.15, -0.1) is 0 Å². The van der Waals surface area contributed by atoms with Crippen molar-refractivity contribution < 1.29 is 14.6 Å². The molecule has 0 fully saturated rings. The molecule has 1 unspecified atom stereocenters. The average Bonchev–Trinajstić information content (AvgIpc) is 2.59. The Morgan fingerprint density at radius 2 is 1.93 bits per heavy atom. The molecule has 15 heavy (non-hydrogen) atoms. The number of benzene rings is 1. The molecule has 0 aromatic heterocycles. The van der Waals surface area contributed by atoms with Gasteiger partial charge in [-0.3, -0.25) is 0 Å². The second kappa shape index (κ2) is 4.03. The minimum absolute atomic E-state index is 0.107. The monoisotopic (exact) mass is 206 g/mol. The number of ether oxygens (including phenoxy) is 1. The van der Waals surface area contributed by atoms with Crippen LogP contribution in [-0.2, 0) is 22.4 Å². The van der Waals surface area contributed by atoms with Gasteiger partial charge in [0.2, 0.25) is 0 Å². The van der Waals surface area contributed by atoms with Gasteiger partial charge < -0.3 is 9.84 Å². The minimum Gasteiger partial charge on any atom is -0.460 e. The Balaban J connectivity index is 1.99. The Morgan fingerprint density at radius 1 is 1.40 bits per heavy atom. The molecular weight excluding hydrogens is 192 g/mol. The summed E-state index contributed by atoms with van der Waals surface area (Å²) in [5.74, 6) is -0.534. The van der Waals surface area contributed by atoms with Gasteiger partial charge in [0.1, 0.15) is 12.2 Å². The van der Waals surface area contributed by atoms with Gasteiger partial charge in [-0.25, -0.2) is 4.79 Å². The van der Waals surface area contributed by atoms with Crippen molar-refractivity contribution in [3.05, 3.63) is 35.4 Å². The van der Waals surface area contributed by atoms with E-state index in [2.05, 4.69) is 0 Å². The van der Waals surface area contributed by atoms with Crippen molar-refractivity contribution in [3.8, 4) is 0 Å². The first-order valence-electron chi connectivity index (χ1n) is 5.12. The number of carbonyl (C=O) groups excluding carboxylic acids is 1. The highest BCUT2D eigenvalue weighted by Crippen LogP contribution is 2.23. The quantitative estimate of drug-likeness (QED) is 0.736. The molecule has 3 nitrogen and oxygen atoms in total. The molecule has 3 heteroatoms. The lowest BCUT2D eigenvalue weighted by Crippen LogP contribution is -2.26. The Morgan fingerprint density at radius 3 is 2.40 bits per heavy atom. The molecule has 1 aliphatic rings. The van der Waals surface area contributed by atoms with E-state index < -0.39 is 12.1 Å². The molecule has 1 aliphatic carbocycles. The van der Waals surface area contributed by atoms with E-state index in [4.69, 9.17) is 9.84 Å². The number of aliphatic hydroxyl groups excluding tert-OH is 1. The van der Waals surface area contributed by atoms with E-state index in [0.29, 0.717) is 0 Å². The predicted molar refractivity (Wildman–Crippen MR) is 55.4 cm³/mol. The summed E-state index contributed by atoms with van der Waals surface area (Å²) >= 11 is 0. The molecule has 1 N–H and O–H groups in total. The fourth-order valence-corrected chi connectivity index (χ4v) is 1.86. The summed E-state index contributed by atoms with van der Waals surface area (Å²) < 4.78 is 5.17. The Bertz CT molecular complexity index is 346. The molecule has 0 saturated carbocycles. The Kier molecular flexibility index (Phi) is 2.73. The van der Waals surface area contributed by atoms with Crippen LogP contribution in [0.1, 0.15) is 18.1 Å². The summed E-state index contributed by atoms with van der Waals surface area (Å²) in [5.41, 5.74) is 2.47. The van der Waals surface area contributed by atoms with Crippen molar-refractivity contribution in [3.63, 3.8) is 0 Å². The zero-order chi connectivity index (χ0) is 10.8. The van der Waals surface area contributed by atoms with Crippen LogP contribution in [0.15, 0.2) is 24.3 Å². The van der Waals surface area contributed by atoms with Crippen LogP contribution in [0.3, 0.4) is 0 Å². The van der Waals surface area contributed by atoms with Crippen LogP contribution in [0.5, 0.6) is 0 Å². The number of fused-ring (bicyclic) bond motifs is 1. The second-order valence-corrected chi connectivity index (χ2v) is 3.91. The molecule has 0 heterocycles. The molecule has 1 atom stereocenters. The third-order valence-corrected chi connectivity index (χ3v) is 2.64. The van der Waals surface area contributed by atoms with E-state index in [-0.39, 0.29) is 6.10 Å². The van der Waals surface area contributed by atoms with Crippen LogP contribution in [-0.4, -0.2) is 23.3 Å². The number of rotatable bonds is 2. The largest absolute Gasteiger partial charge is 0.460 e. The molecule has 0 saturated heterocycles. The highest BCUT2D eigenvalue weighted by molar-refractivity contribution is 5.74. The predicted octanol–water partition coefficient (Wildman–Crippen LogP) is 1.08. The van der Waals surface area contributed by atoms with Gasteiger partial charge in [-0.2, -0.15) is 0 Å². The van der Waals surface area contributed by atoms with E-state index >= 15 is 0 Å². The number of hydrogen-bond donors (Lipinski definition) is 1. The van der Waals surface area contributed by atoms with Gasteiger partial charge in [0.25, 0.3) is 0 Å². The Hall–Kier alpha value is -1.35. The molecule has 1 aromatic rings. The molecule has 80 valence electrons. The van der Waals surface area contributed by atoms with Crippen LogP contribution < -0.4 is 0 Å². The third kappa shape index (κ3) is 2.18. The summed E-state index contributed by atoms with van der Waals surface area (Å²) in [6, 6.07) is 8.06. The van der Waals surface area contributed by atoms with E-state index in [1.165, 1.54) is 18.1 Å². The topological polar surface area (TPSA) is 46.5 Å². The smallest absolute Gasteiger partial charge is 0.334 e. The lowest BCUT2D eigenvalue weighted by molar-refractivity contribution is -0.157. The van der Waals surface area contributed by atoms with Gasteiger partial charge in [0.05, 0.1) is 0 Å². The summed E-state index contributed by atoms with van der Waals surface area (Å²) in [6.07, 6.45) is 0.377. The Labute approximate surface area is 88.7 Å². The molecule has 0 radical (unpaired) electrons. The maximum Gasteiger partial charge on any atom is 0.334 e. The first-order chi connectivity index (χ1) is 7.16. The summed E-state index contributed by atoms with van der Waals surface area (Å²) in [5, 5.41) is 9.02. The van der Waals surface area contributed by atoms with Crippen molar-refractivity contribution in [1.29, 1.82) is 0 Å². The summed E-state index contributed by atoms with van der Waals surface area (Å²) in [7, 11) is 0. The van der Waals surface area contributed by atoms with Crippen LogP contribution in [0, 0.1) is 0 Å². The molecule has 0 bridgehead atoms. The van der Waals surface area contributed by atoms with Gasteiger partial charge in [0.15, 0.2) is 0 Å². The summed E-state index contributed by atoms with van der Waals surface area (Å²) in [4.78, 5) is 11.2. The van der Waals surface area contributed by atoms with Crippen molar-refractivity contribution in [2.75, 3.05) is 0 Å². The SMILES string of the molecule is CC(O)C(=O)OC1Cc2ccccc2C1. The van der Waals surface area contributed by atoms with E-state index in [9.17, 15) is 4.79 Å². The van der Waals surface area contributed by atoms with Crippen molar-refractivity contribution in [2.24, 2.45) is 0 Å². The highest BCUT2D eigenvalue weighted by Gasteiger charge is 2.25. The fraction of sp³-hybridized carbons (Fsp3) is 0.417. The standard InChI is InChI=1S/C12H14O3/c1-8(13)12(14)15-11-6-9-4-2-3-5-10(9)7-11/h2-5,8,11,13H,6-7H2,1H3. The molecule has 0 amide bonds. The van der Waals surface area contributed by atoms with Crippen LogP contribution in [0.25, 0.3) is 0 Å². The van der Waals surface area contributed by atoms with Gasteiger partial charge in [-0.1, -0.05) is 24.3 Å². The van der Waals surface area contributed by atoms with Crippen LogP contribution in [0.4, 0.5) is 0 Å². The maximum absolute atomic E-state index is 11.2. The molecular formula is C12H14O3. The van der Waals surface area contributed by atoms with Crippen molar-refractivity contribution in [2.45, 2.75) is 32.0 Å². The number of esters is 1. The lowest BCUT2D eigenvalue weighted by atomic mass is 10.1. The average molecular weight is 206 g/mol. The van der Waals surface area contributed by atoms with Crippen LogP contribution in [0.2, 0.25) is 0 Å². The van der Waals surface area contributed by atoms with Gasteiger partial charge in [-0.05, 0) is 18.1 Å². The van der Waals surface area contributed by atoms with Gasteiger partial charge in [0, 0.05) is 12.8 Å². The van der Waals surface area contributed by atoms with Crippen molar-refractivity contribution >= 4 is 5.97 Å². The second-order valence-electron chi connectivity index (χ2n) is 3.91. The normalized spacial score (nSPS) is 17.2. The first-order valence-corrected chi connectivity index (χ1v) is 5.12. The first kappa shape index (κ1) is 10.2. The number of hydrogen-bond acceptors (Lipinski definition) is 3. The maximum atomic E-state index is 11.2. The van der Waals surface area contributed by atoms with E-state index in [1.807, 2.05) is 24.3 Å². The highest BCUT2D eigenvalue weighted by atomic mass is 16.6. The van der Waals surface area contributed by atoms with Crippen molar-refractivity contribution in [1.82, 2.24) is 0 Å². The zero-order valence-electron chi connectivity index (χ0n) is 8.64. The van der Waals surface area contributed by atoms with Crippen LogP contribution >= 0.6 is 0 Å². The summed E-state index contributed by atoms with van der Waals surface area (Å²) in [6.45, 7) is 1.42. The molecule has 0 aliphatic heterocycles. The minimum atomic E-state index is -1.03. The third-order valence-electron chi connectivity index (χ3n) is 2.64. The zero-order valence-corrected chi connectivity index (χ0v) is 8.64. The van der Waals surface area contributed by atoms with E-state index in [1.54, 1.807) is 0 Å². The lowest BCUT2D eigenvalue weighted by Gasteiger charge is -2.12. The fourth-order valence-electron chi connectivity index (χ4n) is 1.86. The molecule has 1 aromatic carbocycles. The number of carbonyl (C=O) groups is 1. The van der Waals surface area contributed by atoms with Gasteiger partial charge >= 0.3 is 5.97 Å². The molecule has 0 spiro atoms. The van der Waals surface area contributed by atoms with E-state index in [0.717, 1.165) is 12.8 Å².